The van der Waals surface area contributed by atoms with E-state index in [0.29, 0.717) is 18.2 Å². The van der Waals surface area contributed by atoms with Crippen molar-refractivity contribution in [3.8, 4) is 0 Å². The van der Waals surface area contributed by atoms with E-state index in [1.807, 2.05) is 46.2 Å². The molecule has 0 radical (unpaired) electrons. The van der Waals surface area contributed by atoms with Crippen LogP contribution < -0.4 is 0 Å². The Kier molecular flexibility index (Phi) is 5.25. The van der Waals surface area contributed by atoms with Gasteiger partial charge in [-0.15, -0.1) is 11.8 Å². The van der Waals surface area contributed by atoms with Crippen molar-refractivity contribution in [2.75, 3.05) is 18.8 Å². The van der Waals surface area contributed by atoms with Crippen LogP contribution in [0.5, 0.6) is 0 Å². The molecule has 0 bridgehead atoms. The third-order valence-electron chi connectivity index (χ3n) is 5.26. The van der Waals surface area contributed by atoms with E-state index < -0.39 is 0 Å². The minimum absolute atomic E-state index is 0.0400. The molecule has 0 saturated carbocycles. The molecule has 2 atom stereocenters. The first kappa shape index (κ1) is 18.2. The van der Waals surface area contributed by atoms with Gasteiger partial charge in [-0.05, 0) is 48.6 Å². The molecule has 27 heavy (non-hydrogen) atoms. The largest absolute Gasteiger partial charge is 0.467 e. The number of furan rings is 1. The third kappa shape index (κ3) is 3.90. The maximum Gasteiger partial charge on any atom is 0.253 e. The van der Waals surface area contributed by atoms with Crippen molar-refractivity contribution in [3.05, 3.63) is 59.5 Å². The Hall–Kier alpha value is -2.21. The highest BCUT2D eigenvalue weighted by molar-refractivity contribution is 8.00. The Morgan fingerprint density at radius 2 is 2.07 bits per heavy atom. The predicted octanol–water partition coefficient (Wildman–Crippen LogP) is 3.93. The molecule has 1 aromatic carbocycles. The Balaban J connectivity index is 1.48. The molecule has 0 aliphatic carbocycles. The van der Waals surface area contributed by atoms with Crippen LogP contribution in [0.15, 0.2) is 47.1 Å². The number of amides is 2. The van der Waals surface area contributed by atoms with Gasteiger partial charge < -0.3 is 14.2 Å². The number of hydrogen-bond acceptors (Lipinski definition) is 4. The van der Waals surface area contributed by atoms with Gasteiger partial charge in [-0.3, -0.25) is 9.59 Å². The normalized spacial score (nSPS) is 23.1. The first-order valence-electron chi connectivity index (χ1n) is 9.44. The van der Waals surface area contributed by atoms with Crippen molar-refractivity contribution in [2.45, 2.75) is 31.7 Å². The van der Waals surface area contributed by atoms with Gasteiger partial charge in [-0.2, -0.15) is 0 Å². The quantitative estimate of drug-likeness (QED) is 0.802. The van der Waals surface area contributed by atoms with E-state index in [1.54, 1.807) is 18.0 Å². The minimum atomic E-state index is -0.0400. The average Bonchev–Trinajstić information content (AvgIpc) is 3.32. The number of thioether (sulfide) groups is 1. The lowest BCUT2D eigenvalue weighted by Gasteiger charge is -2.31. The molecule has 142 valence electrons. The van der Waals surface area contributed by atoms with Crippen molar-refractivity contribution in [1.82, 2.24) is 9.80 Å². The molecule has 0 N–H and O–H groups in total. The molecule has 2 aromatic rings. The summed E-state index contributed by atoms with van der Waals surface area (Å²) in [7, 11) is 0. The number of benzene rings is 1. The summed E-state index contributed by atoms with van der Waals surface area (Å²) < 4.78 is 5.40. The lowest BCUT2D eigenvalue weighted by atomic mass is 9.99. The smallest absolute Gasteiger partial charge is 0.253 e. The lowest BCUT2D eigenvalue weighted by Crippen LogP contribution is -2.39. The molecule has 0 spiro atoms. The van der Waals surface area contributed by atoms with Crippen LogP contribution in [-0.2, 0) is 11.3 Å². The first-order chi connectivity index (χ1) is 13.1. The number of piperidine rings is 1. The number of carbonyl (C=O) groups is 2. The van der Waals surface area contributed by atoms with E-state index in [1.165, 1.54) is 6.42 Å². The number of hydrogen-bond donors (Lipinski definition) is 0. The maximum absolute atomic E-state index is 12.7. The Bertz CT molecular complexity index is 803. The van der Waals surface area contributed by atoms with Gasteiger partial charge in [-0.1, -0.05) is 19.1 Å². The Morgan fingerprint density at radius 1 is 1.26 bits per heavy atom. The second-order valence-corrected chi connectivity index (χ2v) is 8.45. The van der Waals surface area contributed by atoms with Crippen LogP contribution in [0, 0.1) is 5.92 Å². The zero-order valence-electron chi connectivity index (χ0n) is 15.5. The molecule has 3 heterocycles. The summed E-state index contributed by atoms with van der Waals surface area (Å²) in [6, 6.07) is 11.5. The molecule has 1 aromatic heterocycles. The number of nitrogens with zero attached hydrogens (tertiary/aromatic N) is 2. The van der Waals surface area contributed by atoms with Gasteiger partial charge in [0.15, 0.2) is 0 Å². The predicted molar refractivity (Wildman–Crippen MR) is 105 cm³/mol. The fourth-order valence-electron chi connectivity index (χ4n) is 3.82. The second kappa shape index (κ2) is 7.80. The van der Waals surface area contributed by atoms with Gasteiger partial charge in [0.25, 0.3) is 5.91 Å². The van der Waals surface area contributed by atoms with Crippen LogP contribution in [-0.4, -0.2) is 40.5 Å². The van der Waals surface area contributed by atoms with E-state index in [9.17, 15) is 9.59 Å². The summed E-state index contributed by atoms with van der Waals surface area (Å²) in [6.07, 6.45) is 3.90. The Labute approximate surface area is 163 Å². The standard InChI is InChI=1S/C21H24N2O3S/c1-15-4-2-10-22(12-15)20(25)16-6-8-17(9-7-16)21-23(19(24)14-27-21)13-18-5-3-11-26-18/h3,5-9,11,15,21H,2,4,10,12-14H2,1H3. The van der Waals surface area contributed by atoms with Crippen LogP contribution in [0.1, 0.15) is 46.8 Å². The molecular weight excluding hydrogens is 360 g/mol. The highest BCUT2D eigenvalue weighted by Gasteiger charge is 2.33. The van der Waals surface area contributed by atoms with Crippen LogP contribution >= 0.6 is 11.8 Å². The topological polar surface area (TPSA) is 53.8 Å². The summed E-state index contributed by atoms with van der Waals surface area (Å²) in [4.78, 5) is 28.8. The third-order valence-corrected chi connectivity index (χ3v) is 6.52. The lowest BCUT2D eigenvalue weighted by molar-refractivity contribution is -0.128. The van der Waals surface area contributed by atoms with E-state index in [0.717, 1.165) is 36.4 Å². The summed E-state index contributed by atoms with van der Waals surface area (Å²) in [6.45, 7) is 4.35. The van der Waals surface area contributed by atoms with Crippen LogP contribution in [0.25, 0.3) is 0 Å². The van der Waals surface area contributed by atoms with Crippen LogP contribution in [0.4, 0.5) is 0 Å². The molecule has 2 unspecified atom stereocenters. The molecular formula is C21H24N2O3S. The highest BCUT2D eigenvalue weighted by Crippen LogP contribution is 2.39. The van der Waals surface area contributed by atoms with Crippen molar-refractivity contribution >= 4 is 23.6 Å². The number of likely N-dealkylation sites (tertiary alicyclic amines) is 1. The highest BCUT2D eigenvalue weighted by atomic mass is 32.2. The molecule has 2 amide bonds. The van der Waals surface area contributed by atoms with E-state index in [-0.39, 0.29) is 17.2 Å². The fraction of sp³-hybridized carbons (Fsp3) is 0.429. The average molecular weight is 385 g/mol. The van der Waals surface area contributed by atoms with Crippen molar-refractivity contribution < 1.29 is 14.0 Å². The summed E-state index contributed by atoms with van der Waals surface area (Å²) in [5.74, 6) is 2.04. The minimum Gasteiger partial charge on any atom is -0.467 e. The van der Waals surface area contributed by atoms with Crippen molar-refractivity contribution in [2.24, 2.45) is 5.92 Å². The summed E-state index contributed by atoms with van der Waals surface area (Å²) in [5.41, 5.74) is 1.76. The van der Waals surface area contributed by atoms with Gasteiger partial charge in [0.05, 0.1) is 18.6 Å². The fourth-order valence-corrected chi connectivity index (χ4v) is 5.01. The zero-order valence-corrected chi connectivity index (χ0v) is 16.3. The van der Waals surface area contributed by atoms with Gasteiger partial charge >= 0.3 is 0 Å². The zero-order chi connectivity index (χ0) is 18.8. The van der Waals surface area contributed by atoms with Gasteiger partial charge in [0.1, 0.15) is 11.1 Å². The Morgan fingerprint density at radius 3 is 2.78 bits per heavy atom. The van der Waals surface area contributed by atoms with Crippen molar-refractivity contribution in [3.63, 3.8) is 0 Å². The van der Waals surface area contributed by atoms with Gasteiger partial charge in [-0.25, -0.2) is 0 Å². The summed E-state index contributed by atoms with van der Waals surface area (Å²) in [5, 5.41) is -0.0400. The van der Waals surface area contributed by atoms with E-state index >= 15 is 0 Å². The van der Waals surface area contributed by atoms with E-state index in [2.05, 4.69) is 6.92 Å². The maximum atomic E-state index is 12.7. The molecule has 2 fully saturated rings. The van der Waals surface area contributed by atoms with E-state index in [4.69, 9.17) is 4.42 Å². The molecule has 5 nitrogen and oxygen atoms in total. The summed E-state index contributed by atoms with van der Waals surface area (Å²) >= 11 is 1.62. The first-order valence-corrected chi connectivity index (χ1v) is 10.5. The van der Waals surface area contributed by atoms with Crippen LogP contribution in [0.3, 0.4) is 0 Å². The molecule has 4 rings (SSSR count). The van der Waals surface area contributed by atoms with Crippen LogP contribution in [0.2, 0.25) is 0 Å². The molecule has 2 saturated heterocycles. The number of carbonyl (C=O) groups excluding carboxylic acids is 2. The van der Waals surface area contributed by atoms with Gasteiger partial charge in [0.2, 0.25) is 5.91 Å². The molecule has 2 aliphatic rings. The monoisotopic (exact) mass is 384 g/mol. The van der Waals surface area contributed by atoms with Gasteiger partial charge in [0, 0.05) is 18.7 Å². The molecule has 6 heteroatoms. The number of rotatable bonds is 4. The van der Waals surface area contributed by atoms with Crippen molar-refractivity contribution in [1.29, 1.82) is 0 Å². The SMILES string of the molecule is CC1CCCN(C(=O)c2ccc(C3SCC(=O)N3Cc3ccco3)cc2)C1. The second-order valence-electron chi connectivity index (χ2n) is 7.38. The molecule has 2 aliphatic heterocycles.